The van der Waals surface area contributed by atoms with Crippen molar-refractivity contribution in [1.82, 2.24) is 10.2 Å². The maximum atomic E-state index is 12.4. The molecule has 1 amide bonds. The smallest absolute Gasteiger partial charge is 0.237 e. The monoisotopic (exact) mass is 382 g/mol. The minimum Gasteiger partial charge on any atom is -0.454 e. The van der Waals surface area contributed by atoms with Crippen molar-refractivity contribution in [2.45, 2.75) is 16.5 Å². The molecule has 1 aliphatic heterocycles. The first-order valence-electron chi connectivity index (χ1n) is 7.59. The van der Waals surface area contributed by atoms with Crippen molar-refractivity contribution < 1.29 is 19.0 Å². The summed E-state index contributed by atoms with van der Waals surface area (Å²) in [5.74, 6) is 1.20. The molecule has 0 bridgehead atoms. The molecule has 0 unspecified atom stereocenters. The van der Waals surface area contributed by atoms with Crippen LogP contribution in [0.1, 0.15) is 6.92 Å². The van der Waals surface area contributed by atoms with Crippen LogP contribution in [0.4, 0.5) is 10.8 Å². The number of aromatic nitrogens is 2. The molecular weight excluding hydrogens is 364 g/mol. The average molecular weight is 382 g/mol. The fourth-order valence-electron chi connectivity index (χ4n) is 2.01. The fourth-order valence-corrected chi connectivity index (χ4v) is 3.93. The van der Waals surface area contributed by atoms with Gasteiger partial charge in [-0.2, -0.15) is 0 Å². The number of anilines is 2. The second kappa shape index (κ2) is 8.37. The summed E-state index contributed by atoms with van der Waals surface area (Å²) < 4.78 is 16.3. The quantitative estimate of drug-likeness (QED) is 0.531. The summed E-state index contributed by atoms with van der Waals surface area (Å²) in [6.45, 7) is 3.29. The van der Waals surface area contributed by atoms with Gasteiger partial charge in [-0.15, -0.1) is 10.2 Å². The minimum atomic E-state index is -0.315. The van der Waals surface area contributed by atoms with E-state index in [1.165, 1.54) is 23.1 Å². The number of rotatable bonds is 8. The van der Waals surface area contributed by atoms with Crippen LogP contribution >= 0.6 is 23.1 Å². The molecule has 1 aromatic heterocycles. The number of benzene rings is 1. The van der Waals surface area contributed by atoms with E-state index >= 15 is 0 Å². The third kappa shape index (κ3) is 4.74. The largest absolute Gasteiger partial charge is 0.454 e. The number of methoxy groups -OCH3 is 1. The molecule has 25 heavy (non-hydrogen) atoms. The summed E-state index contributed by atoms with van der Waals surface area (Å²) in [5, 5.41) is 14.5. The molecule has 2 heterocycles. The first-order chi connectivity index (χ1) is 12.2. The van der Waals surface area contributed by atoms with Crippen LogP contribution in [-0.2, 0) is 9.53 Å². The molecule has 0 saturated heterocycles. The van der Waals surface area contributed by atoms with E-state index in [4.69, 9.17) is 14.2 Å². The van der Waals surface area contributed by atoms with Crippen molar-refractivity contribution in [3.8, 4) is 11.5 Å². The third-order valence-corrected chi connectivity index (χ3v) is 5.34. The summed E-state index contributed by atoms with van der Waals surface area (Å²) in [4.78, 5) is 12.4. The molecular formula is C15H18N4O4S2. The predicted octanol–water partition coefficient (Wildman–Crippen LogP) is 2.44. The van der Waals surface area contributed by atoms with Gasteiger partial charge in [-0.05, 0) is 19.1 Å². The van der Waals surface area contributed by atoms with E-state index < -0.39 is 0 Å². The Labute approximate surface area is 153 Å². The standard InChI is InChI=1S/C15H18N4O4S2/c1-9(24-15-19-18-14(25-15)16-5-6-21-2)13(20)17-10-3-4-11-12(7-10)23-8-22-11/h3-4,7,9H,5-6,8H2,1-2H3,(H,16,18)(H,17,20)/t9-/m1/s1. The number of nitrogens with zero attached hydrogens (tertiary/aromatic N) is 2. The Hall–Kier alpha value is -2.04. The summed E-state index contributed by atoms with van der Waals surface area (Å²) in [7, 11) is 1.64. The van der Waals surface area contributed by atoms with Gasteiger partial charge in [0.15, 0.2) is 15.8 Å². The molecule has 0 fully saturated rings. The third-order valence-electron chi connectivity index (χ3n) is 3.28. The van der Waals surface area contributed by atoms with Crippen molar-refractivity contribution in [1.29, 1.82) is 0 Å². The summed E-state index contributed by atoms with van der Waals surface area (Å²) in [5.41, 5.74) is 0.667. The van der Waals surface area contributed by atoms with Crippen LogP contribution in [0.5, 0.6) is 11.5 Å². The molecule has 2 N–H and O–H groups in total. The number of carbonyl (C=O) groups is 1. The molecule has 8 nitrogen and oxygen atoms in total. The van der Waals surface area contributed by atoms with Crippen LogP contribution in [0.25, 0.3) is 0 Å². The highest BCUT2D eigenvalue weighted by molar-refractivity contribution is 8.02. The van der Waals surface area contributed by atoms with Crippen molar-refractivity contribution >= 4 is 39.8 Å². The highest BCUT2D eigenvalue weighted by atomic mass is 32.2. The van der Waals surface area contributed by atoms with E-state index in [-0.39, 0.29) is 18.0 Å². The average Bonchev–Trinajstić information content (AvgIpc) is 3.24. The number of ether oxygens (including phenoxy) is 3. The van der Waals surface area contributed by atoms with Crippen molar-refractivity contribution in [2.24, 2.45) is 0 Å². The van der Waals surface area contributed by atoms with Crippen LogP contribution in [0.2, 0.25) is 0 Å². The lowest BCUT2D eigenvalue weighted by Crippen LogP contribution is -2.22. The number of nitrogens with one attached hydrogen (secondary N) is 2. The first kappa shape index (κ1) is 17.8. The van der Waals surface area contributed by atoms with Crippen molar-refractivity contribution in [3.05, 3.63) is 18.2 Å². The van der Waals surface area contributed by atoms with E-state index in [1.54, 1.807) is 25.3 Å². The number of hydrogen-bond donors (Lipinski definition) is 2. The Bertz CT molecular complexity index is 740. The second-order valence-electron chi connectivity index (χ2n) is 5.11. The fraction of sp³-hybridized carbons (Fsp3) is 0.400. The van der Waals surface area contributed by atoms with E-state index in [0.717, 1.165) is 4.34 Å². The van der Waals surface area contributed by atoms with E-state index in [0.29, 0.717) is 35.5 Å². The molecule has 134 valence electrons. The Morgan fingerprint density at radius 2 is 2.24 bits per heavy atom. The van der Waals surface area contributed by atoms with Gasteiger partial charge in [-0.1, -0.05) is 23.1 Å². The van der Waals surface area contributed by atoms with Crippen molar-refractivity contribution in [2.75, 3.05) is 37.7 Å². The van der Waals surface area contributed by atoms with Crippen LogP contribution < -0.4 is 20.1 Å². The zero-order chi connectivity index (χ0) is 17.6. The van der Waals surface area contributed by atoms with Gasteiger partial charge in [0.25, 0.3) is 0 Å². The lowest BCUT2D eigenvalue weighted by Gasteiger charge is -2.10. The Kier molecular flexibility index (Phi) is 5.95. The predicted molar refractivity (Wildman–Crippen MR) is 96.8 cm³/mol. The first-order valence-corrected chi connectivity index (χ1v) is 9.29. The Balaban J connectivity index is 1.52. The highest BCUT2D eigenvalue weighted by Gasteiger charge is 2.19. The van der Waals surface area contributed by atoms with Crippen LogP contribution in [0, 0.1) is 0 Å². The summed E-state index contributed by atoms with van der Waals surface area (Å²) in [6.07, 6.45) is 0. The van der Waals surface area contributed by atoms with Gasteiger partial charge in [0.05, 0.1) is 11.9 Å². The van der Waals surface area contributed by atoms with Crippen LogP contribution in [0.15, 0.2) is 22.5 Å². The zero-order valence-corrected chi connectivity index (χ0v) is 15.4. The molecule has 10 heteroatoms. The number of thioether (sulfide) groups is 1. The molecule has 0 spiro atoms. The Morgan fingerprint density at radius 3 is 3.08 bits per heavy atom. The SMILES string of the molecule is COCCNc1nnc(S[C@H](C)C(=O)Nc2ccc3c(c2)OCO3)s1. The molecule has 0 aliphatic carbocycles. The number of fused-ring (bicyclic) bond motifs is 1. The van der Waals surface area contributed by atoms with Gasteiger partial charge in [0, 0.05) is 25.4 Å². The van der Waals surface area contributed by atoms with Gasteiger partial charge in [-0.25, -0.2) is 0 Å². The minimum absolute atomic E-state index is 0.118. The van der Waals surface area contributed by atoms with Gasteiger partial charge < -0.3 is 24.8 Å². The van der Waals surface area contributed by atoms with Crippen LogP contribution in [-0.4, -0.2) is 48.4 Å². The number of carbonyl (C=O) groups excluding carboxylic acids is 1. The molecule has 1 aliphatic rings. The maximum Gasteiger partial charge on any atom is 0.237 e. The van der Waals surface area contributed by atoms with Gasteiger partial charge in [0.2, 0.25) is 17.8 Å². The lowest BCUT2D eigenvalue weighted by atomic mass is 10.2. The number of amides is 1. The van der Waals surface area contributed by atoms with Gasteiger partial charge >= 0.3 is 0 Å². The Morgan fingerprint density at radius 1 is 1.40 bits per heavy atom. The van der Waals surface area contributed by atoms with E-state index in [2.05, 4.69) is 20.8 Å². The normalized spacial score (nSPS) is 13.5. The molecule has 2 aromatic rings. The molecule has 1 aromatic carbocycles. The topological polar surface area (TPSA) is 94.6 Å². The van der Waals surface area contributed by atoms with E-state index in [1.807, 2.05) is 6.92 Å². The molecule has 1 atom stereocenters. The maximum absolute atomic E-state index is 12.4. The summed E-state index contributed by atoms with van der Waals surface area (Å²) in [6, 6.07) is 5.31. The molecule has 3 rings (SSSR count). The van der Waals surface area contributed by atoms with Crippen molar-refractivity contribution in [3.63, 3.8) is 0 Å². The van der Waals surface area contributed by atoms with Crippen LogP contribution in [0.3, 0.4) is 0 Å². The van der Waals surface area contributed by atoms with E-state index in [9.17, 15) is 4.79 Å². The number of hydrogen-bond acceptors (Lipinski definition) is 9. The molecule has 0 radical (unpaired) electrons. The highest BCUT2D eigenvalue weighted by Crippen LogP contribution is 2.35. The lowest BCUT2D eigenvalue weighted by molar-refractivity contribution is -0.115. The second-order valence-corrected chi connectivity index (χ2v) is 7.68. The molecule has 0 saturated carbocycles. The summed E-state index contributed by atoms with van der Waals surface area (Å²) >= 11 is 2.77. The zero-order valence-electron chi connectivity index (χ0n) is 13.8. The van der Waals surface area contributed by atoms with Gasteiger partial charge in [0.1, 0.15) is 0 Å². The van der Waals surface area contributed by atoms with Gasteiger partial charge in [-0.3, -0.25) is 4.79 Å².